The first-order valence-corrected chi connectivity index (χ1v) is 6.08. The van der Waals surface area contributed by atoms with Crippen molar-refractivity contribution in [3.8, 4) is 6.07 Å². The maximum Gasteiger partial charge on any atom is 0.285 e. The molecular weight excluding hydrogens is 248 g/mol. The Bertz CT molecular complexity index is 437. The summed E-state index contributed by atoms with van der Waals surface area (Å²) < 4.78 is 0.263. The molecule has 5 nitrogen and oxygen atoms in total. The molecule has 1 aromatic heterocycles. The topological polar surface area (TPSA) is 69.9 Å². The Labute approximate surface area is 102 Å². The summed E-state index contributed by atoms with van der Waals surface area (Å²) in [6, 6.07) is 2.31. The molecule has 1 aliphatic carbocycles. The molecule has 0 aliphatic heterocycles. The van der Waals surface area contributed by atoms with Gasteiger partial charge in [0.1, 0.15) is 0 Å². The molecule has 0 bridgehead atoms. The van der Waals surface area contributed by atoms with Crippen molar-refractivity contribution < 1.29 is 4.79 Å². The normalized spacial score (nSPS) is 14.5. The smallest absolute Gasteiger partial charge is 0.285 e. The third kappa shape index (κ3) is 2.49. The first-order valence-electron chi connectivity index (χ1n) is 4.89. The quantitative estimate of drug-likeness (QED) is 0.822. The molecule has 1 aromatic rings. The Morgan fingerprint density at radius 1 is 1.62 bits per heavy atom. The van der Waals surface area contributed by atoms with Gasteiger partial charge in [-0.15, -0.1) is 10.2 Å². The Kier molecular flexibility index (Phi) is 3.36. The van der Waals surface area contributed by atoms with Crippen LogP contribution in [0, 0.1) is 11.3 Å². The number of aromatic nitrogens is 2. The molecule has 0 unspecified atom stereocenters. The van der Waals surface area contributed by atoms with E-state index in [9.17, 15) is 4.79 Å². The van der Waals surface area contributed by atoms with Crippen molar-refractivity contribution in [3.05, 3.63) is 9.47 Å². The van der Waals surface area contributed by atoms with Crippen molar-refractivity contribution in [1.82, 2.24) is 15.1 Å². The van der Waals surface area contributed by atoms with Gasteiger partial charge in [-0.25, -0.2) is 0 Å². The zero-order valence-electron chi connectivity index (χ0n) is 8.39. The van der Waals surface area contributed by atoms with Gasteiger partial charge in [-0.05, 0) is 24.4 Å². The number of hydrogen-bond acceptors (Lipinski definition) is 5. The molecule has 0 spiro atoms. The second-order valence-electron chi connectivity index (χ2n) is 3.50. The zero-order chi connectivity index (χ0) is 11.5. The second-order valence-corrected chi connectivity index (χ2v) is 5.06. The number of carbonyl (C=O) groups is 1. The number of hydrogen-bond donors (Lipinski definition) is 0. The van der Waals surface area contributed by atoms with Crippen molar-refractivity contribution in [1.29, 1.82) is 5.26 Å². The fraction of sp³-hybridized carbons (Fsp3) is 0.556. The highest BCUT2D eigenvalue weighted by molar-refractivity contribution is 7.17. The van der Waals surface area contributed by atoms with Crippen molar-refractivity contribution >= 4 is 28.8 Å². The van der Waals surface area contributed by atoms with Crippen LogP contribution in [-0.2, 0) is 0 Å². The molecule has 7 heteroatoms. The molecule has 0 atom stereocenters. The van der Waals surface area contributed by atoms with Gasteiger partial charge in [-0.2, -0.15) is 5.26 Å². The number of halogens is 1. The largest absolute Gasteiger partial charge is 0.333 e. The predicted molar refractivity (Wildman–Crippen MR) is 59.2 cm³/mol. The monoisotopic (exact) mass is 256 g/mol. The molecule has 16 heavy (non-hydrogen) atoms. The lowest BCUT2D eigenvalue weighted by atomic mass is 10.3. The predicted octanol–water partition coefficient (Wildman–Crippen LogP) is 1.71. The molecule has 84 valence electrons. The van der Waals surface area contributed by atoms with Gasteiger partial charge in [0, 0.05) is 12.6 Å². The first-order chi connectivity index (χ1) is 7.72. The fourth-order valence-electron chi connectivity index (χ4n) is 1.42. The van der Waals surface area contributed by atoms with Crippen LogP contribution in [0.4, 0.5) is 0 Å². The van der Waals surface area contributed by atoms with Gasteiger partial charge in [-0.3, -0.25) is 4.79 Å². The number of nitriles is 1. The average molecular weight is 257 g/mol. The minimum atomic E-state index is -0.165. The Morgan fingerprint density at radius 3 is 2.88 bits per heavy atom. The van der Waals surface area contributed by atoms with Gasteiger partial charge >= 0.3 is 0 Å². The van der Waals surface area contributed by atoms with E-state index in [1.54, 1.807) is 4.90 Å². The lowest BCUT2D eigenvalue weighted by molar-refractivity contribution is 0.0745. The van der Waals surface area contributed by atoms with E-state index in [1.165, 1.54) is 0 Å². The SMILES string of the molecule is N#CCCN(C(=O)c1nnc(Cl)s1)C1CC1. The van der Waals surface area contributed by atoms with Crippen molar-refractivity contribution in [2.45, 2.75) is 25.3 Å². The Hall–Kier alpha value is -1.19. The third-order valence-corrected chi connectivity index (χ3v) is 3.30. The molecular formula is C9H9ClN4OS. The molecule has 2 rings (SSSR count). The lowest BCUT2D eigenvalue weighted by Gasteiger charge is -2.19. The summed E-state index contributed by atoms with van der Waals surface area (Å²) in [5.41, 5.74) is 0. The van der Waals surface area contributed by atoms with Gasteiger partial charge < -0.3 is 4.90 Å². The Balaban J connectivity index is 2.08. The Morgan fingerprint density at radius 2 is 2.38 bits per heavy atom. The van der Waals surface area contributed by atoms with E-state index in [1.807, 2.05) is 6.07 Å². The highest BCUT2D eigenvalue weighted by Crippen LogP contribution is 2.29. The summed E-state index contributed by atoms with van der Waals surface area (Å²) in [4.78, 5) is 13.7. The third-order valence-electron chi connectivity index (χ3n) is 2.30. The molecule has 1 aliphatic rings. The highest BCUT2D eigenvalue weighted by atomic mass is 35.5. The van der Waals surface area contributed by atoms with Crippen molar-refractivity contribution in [3.63, 3.8) is 0 Å². The highest BCUT2D eigenvalue weighted by Gasteiger charge is 2.34. The van der Waals surface area contributed by atoms with Crippen LogP contribution < -0.4 is 0 Å². The first kappa shape index (κ1) is 11.3. The lowest BCUT2D eigenvalue weighted by Crippen LogP contribution is -2.33. The van der Waals surface area contributed by atoms with E-state index in [-0.39, 0.29) is 16.4 Å². The second kappa shape index (κ2) is 4.76. The number of rotatable bonds is 4. The van der Waals surface area contributed by atoms with E-state index >= 15 is 0 Å². The van der Waals surface area contributed by atoms with Crippen molar-refractivity contribution in [2.75, 3.05) is 6.54 Å². The minimum absolute atomic E-state index is 0.165. The van der Waals surface area contributed by atoms with Crippen LogP contribution in [0.25, 0.3) is 0 Å². The average Bonchev–Trinajstić information content (AvgIpc) is 3.01. The van der Waals surface area contributed by atoms with Gasteiger partial charge in [0.05, 0.1) is 12.5 Å². The van der Waals surface area contributed by atoms with Gasteiger partial charge in [-0.1, -0.05) is 11.3 Å². The van der Waals surface area contributed by atoms with Gasteiger partial charge in [0.15, 0.2) is 0 Å². The molecule has 0 saturated heterocycles. The van der Waals surface area contributed by atoms with E-state index in [0.717, 1.165) is 24.2 Å². The van der Waals surface area contributed by atoms with Crippen LogP contribution in [0.2, 0.25) is 4.47 Å². The number of carbonyl (C=O) groups excluding carboxylic acids is 1. The summed E-state index contributed by atoms with van der Waals surface area (Å²) in [6.45, 7) is 0.456. The van der Waals surface area contributed by atoms with Crippen LogP contribution >= 0.6 is 22.9 Å². The van der Waals surface area contributed by atoms with Crippen LogP contribution in [0.5, 0.6) is 0 Å². The summed E-state index contributed by atoms with van der Waals surface area (Å²) in [6.07, 6.45) is 2.35. The minimum Gasteiger partial charge on any atom is -0.333 e. The molecule has 1 fully saturated rings. The summed E-state index contributed by atoms with van der Waals surface area (Å²) >= 11 is 6.70. The maximum absolute atomic E-state index is 12.0. The van der Waals surface area contributed by atoms with Gasteiger partial charge in [0.2, 0.25) is 9.47 Å². The number of nitrogens with zero attached hydrogens (tertiary/aromatic N) is 4. The molecule has 0 aromatic carbocycles. The van der Waals surface area contributed by atoms with Crippen LogP contribution in [0.15, 0.2) is 0 Å². The maximum atomic E-state index is 12.0. The molecule has 0 radical (unpaired) electrons. The summed E-state index contributed by atoms with van der Waals surface area (Å²) in [5, 5.41) is 16.2. The fourth-order valence-corrected chi connectivity index (χ4v) is 2.21. The van der Waals surface area contributed by atoms with E-state index in [4.69, 9.17) is 16.9 Å². The standard InChI is InChI=1S/C9H9ClN4OS/c10-9-13-12-7(16-9)8(15)14(5-1-4-11)6-2-3-6/h6H,1-3,5H2. The zero-order valence-corrected chi connectivity index (χ0v) is 9.96. The molecule has 0 N–H and O–H groups in total. The van der Waals surface area contributed by atoms with E-state index in [2.05, 4.69) is 10.2 Å². The number of amides is 1. The molecule has 1 amide bonds. The summed E-state index contributed by atoms with van der Waals surface area (Å²) in [5.74, 6) is -0.165. The van der Waals surface area contributed by atoms with Gasteiger partial charge in [0.25, 0.3) is 5.91 Å². The van der Waals surface area contributed by atoms with Crippen LogP contribution in [0.3, 0.4) is 0 Å². The molecule has 1 saturated carbocycles. The summed E-state index contributed by atoms with van der Waals surface area (Å²) in [7, 11) is 0. The van der Waals surface area contributed by atoms with Crippen molar-refractivity contribution in [2.24, 2.45) is 0 Å². The van der Waals surface area contributed by atoms with Crippen LogP contribution in [0.1, 0.15) is 29.1 Å². The van der Waals surface area contributed by atoms with E-state index < -0.39 is 0 Å². The van der Waals surface area contributed by atoms with E-state index in [0.29, 0.717) is 18.0 Å². The molecule has 1 heterocycles. The van der Waals surface area contributed by atoms with Crippen LogP contribution in [-0.4, -0.2) is 33.6 Å².